The van der Waals surface area contributed by atoms with E-state index in [0.717, 1.165) is 32.4 Å². The molecule has 0 unspecified atom stereocenters. The van der Waals surface area contributed by atoms with Gasteiger partial charge >= 0.3 is 0 Å². The number of likely N-dealkylation sites (tertiary alicyclic amines) is 1. The number of hydrogen-bond acceptors (Lipinski definition) is 5. The van der Waals surface area contributed by atoms with E-state index in [2.05, 4.69) is 0 Å². The topological polar surface area (TPSA) is 81.2 Å². The van der Waals surface area contributed by atoms with Gasteiger partial charge in [-0.2, -0.15) is 4.31 Å². The largest absolute Gasteiger partial charge is 0.390 e. The van der Waals surface area contributed by atoms with Crippen LogP contribution in [0.25, 0.3) is 0 Å². The summed E-state index contributed by atoms with van der Waals surface area (Å²) in [6, 6.07) is 6.01. The maximum Gasteiger partial charge on any atom is 0.253 e. The Bertz CT molecular complexity index is 759. The number of amides is 1. The van der Waals surface area contributed by atoms with Gasteiger partial charge in [-0.3, -0.25) is 4.79 Å². The highest BCUT2D eigenvalue weighted by Gasteiger charge is 2.39. The van der Waals surface area contributed by atoms with Gasteiger partial charge in [0.2, 0.25) is 10.0 Å². The van der Waals surface area contributed by atoms with E-state index in [1.807, 2.05) is 19.0 Å². The molecule has 2 heterocycles. The molecule has 0 aromatic heterocycles. The van der Waals surface area contributed by atoms with E-state index < -0.39 is 16.1 Å². The summed E-state index contributed by atoms with van der Waals surface area (Å²) in [4.78, 5) is 16.4. The number of piperidine rings is 1. The van der Waals surface area contributed by atoms with Gasteiger partial charge < -0.3 is 14.9 Å². The standard InChI is InChI=1S/C18H27N3O4S/c1-19(2)16-12-21(13-17(16)22)26(24,25)15-8-6-7-14(11-15)18(23)20-9-4-3-5-10-20/h6-8,11,16-17,22H,3-5,9-10,12-13H2,1-2H3/t16-,17-/m1/s1. The first kappa shape index (κ1) is 19.3. The summed E-state index contributed by atoms with van der Waals surface area (Å²) >= 11 is 0. The smallest absolute Gasteiger partial charge is 0.253 e. The molecule has 2 aliphatic heterocycles. The van der Waals surface area contributed by atoms with Crippen LogP contribution in [0.3, 0.4) is 0 Å². The predicted octanol–water partition coefficient (Wildman–Crippen LogP) is 0.608. The summed E-state index contributed by atoms with van der Waals surface area (Å²) in [7, 11) is -0.106. The fraction of sp³-hybridized carbons (Fsp3) is 0.611. The fourth-order valence-electron chi connectivity index (χ4n) is 3.66. The summed E-state index contributed by atoms with van der Waals surface area (Å²) in [5.41, 5.74) is 0.400. The van der Waals surface area contributed by atoms with Crippen molar-refractivity contribution >= 4 is 15.9 Å². The van der Waals surface area contributed by atoms with E-state index in [0.29, 0.717) is 5.56 Å². The van der Waals surface area contributed by atoms with E-state index >= 15 is 0 Å². The van der Waals surface area contributed by atoms with Gasteiger partial charge in [0, 0.05) is 31.7 Å². The van der Waals surface area contributed by atoms with Gasteiger partial charge in [-0.15, -0.1) is 0 Å². The number of carbonyl (C=O) groups excluding carboxylic acids is 1. The lowest BCUT2D eigenvalue weighted by atomic mass is 10.1. The van der Waals surface area contributed by atoms with Crippen molar-refractivity contribution in [2.75, 3.05) is 40.3 Å². The Kier molecular flexibility index (Phi) is 5.67. The second-order valence-electron chi connectivity index (χ2n) is 7.30. The number of hydrogen-bond donors (Lipinski definition) is 1. The Morgan fingerprint density at radius 3 is 2.46 bits per heavy atom. The molecule has 2 aliphatic rings. The number of aliphatic hydroxyl groups is 1. The average molecular weight is 381 g/mol. The van der Waals surface area contributed by atoms with Gasteiger partial charge in [0.25, 0.3) is 5.91 Å². The van der Waals surface area contributed by atoms with Gasteiger partial charge in [0.1, 0.15) is 0 Å². The van der Waals surface area contributed by atoms with Crippen molar-refractivity contribution in [1.82, 2.24) is 14.1 Å². The van der Waals surface area contributed by atoms with Crippen LogP contribution >= 0.6 is 0 Å². The van der Waals surface area contributed by atoms with Crippen LogP contribution < -0.4 is 0 Å². The Morgan fingerprint density at radius 2 is 1.85 bits per heavy atom. The van der Waals surface area contributed by atoms with Gasteiger partial charge in [0.05, 0.1) is 17.0 Å². The first-order chi connectivity index (χ1) is 12.3. The molecule has 1 aromatic rings. The van der Waals surface area contributed by atoms with E-state index in [1.165, 1.54) is 16.4 Å². The minimum Gasteiger partial charge on any atom is -0.390 e. The molecule has 2 saturated heterocycles. The summed E-state index contributed by atoms with van der Waals surface area (Å²) < 4.78 is 27.2. The number of rotatable bonds is 4. The molecule has 2 atom stereocenters. The number of nitrogens with zero attached hydrogens (tertiary/aromatic N) is 3. The molecule has 1 N–H and O–H groups in total. The van der Waals surface area contributed by atoms with Gasteiger partial charge in [-0.05, 0) is 51.6 Å². The van der Waals surface area contributed by atoms with Gasteiger partial charge in [-0.1, -0.05) is 6.07 Å². The molecule has 0 radical (unpaired) electrons. The molecule has 1 aromatic carbocycles. The SMILES string of the molecule is CN(C)[C@@H]1CN(S(=O)(=O)c2cccc(C(=O)N3CCCCC3)c2)C[C@H]1O. The first-order valence-corrected chi connectivity index (χ1v) is 10.5. The van der Waals surface area contributed by atoms with Crippen LogP contribution in [0.15, 0.2) is 29.2 Å². The monoisotopic (exact) mass is 381 g/mol. The van der Waals surface area contributed by atoms with Crippen LogP contribution in [-0.2, 0) is 10.0 Å². The van der Waals surface area contributed by atoms with Crippen molar-refractivity contribution in [3.05, 3.63) is 29.8 Å². The maximum atomic E-state index is 13.0. The molecule has 7 nitrogen and oxygen atoms in total. The molecule has 8 heteroatoms. The number of β-amino-alcohol motifs (C(OH)–C–C–N with tert-alkyl or cyclic N) is 1. The van der Waals surface area contributed by atoms with Crippen molar-refractivity contribution < 1.29 is 18.3 Å². The van der Waals surface area contributed by atoms with Crippen LogP contribution in [0.4, 0.5) is 0 Å². The molecule has 26 heavy (non-hydrogen) atoms. The minimum absolute atomic E-state index is 0.0650. The van der Waals surface area contributed by atoms with Crippen molar-refractivity contribution in [3.63, 3.8) is 0 Å². The third kappa shape index (κ3) is 3.78. The Hall–Kier alpha value is -1.48. The van der Waals surface area contributed by atoms with Crippen molar-refractivity contribution in [3.8, 4) is 0 Å². The summed E-state index contributed by atoms with van der Waals surface area (Å²) in [5, 5.41) is 10.1. The zero-order valence-corrected chi connectivity index (χ0v) is 16.2. The van der Waals surface area contributed by atoms with Crippen LogP contribution in [0.1, 0.15) is 29.6 Å². The first-order valence-electron chi connectivity index (χ1n) is 9.04. The Balaban J connectivity index is 1.82. The predicted molar refractivity (Wildman–Crippen MR) is 98.4 cm³/mol. The summed E-state index contributed by atoms with van der Waals surface area (Å²) in [5.74, 6) is -0.116. The lowest BCUT2D eigenvalue weighted by Crippen LogP contribution is -2.38. The number of benzene rings is 1. The highest BCUT2D eigenvalue weighted by Crippen LogP contribution is 2.24. The lowest BCUT2D eigenvalue weighted by molar-refractivity contribution is 0.0724. The van der Waals surface area contributed by atoms with E-state index in [4.69, 9.17) is 0 Å². The molecule has 1 amide bonds. The van der Waals surface area contributed by atoms with Crippen molar-refractivity contribution in [2.24, 2.45) is 0 Å². The Morgan fingerprint density at radius 1 is 1.15 bits per heavy atom. The fourth-order valence-corrected chi connectivity index (χ4v) is 5.18. The van der Waals surface area contributed by atoms with Gasteiger partial charge in [-0.25, -0.2) is 8.42 Å². The summed E-state index contributed by atoms with van der Waals surface area (Å²) in [6.45, 7) is 1.74. The molecule has 3 rings (SSSR count). The highest BCUT2D eigenvalue weighted by atomic mass is 32.2. The van der Waals surface area contributed by atoms with Gasteiger partial charge in [0.15, 0.2) is 0 Å². The third-order valence-corrected chi connectivity index (χ3v) is 7.08. The molecular formula is C18H27N3O4S. The maximum absolute atomic E-state index is 13.0. The Labute approximate surface area is 155 Å². The number of aliphatic hydroxyl groups excluding tert-OH is 1. The number of likely N-dealkylation sites (N-methyl/N-ethyl adjacent to an activating group) is 1. The lowest BCUT2D eigenvalue weighted by Gasteiger charge is -2.27. The van der Waals surface area contributed by atoms with Crippen LogP contribution in [0.2, 0.25) is 0 Å². The zero-order valence-electron chi connectivity index (χ0n) is 15.3. The zero-order chi connectivity index (χ0) is 18.9. The van der Waals surface area contributed by atoms with E-state index in [-0.39, 0.29) is 29.9 Å². The number of sulfonamides is 1. The molecular weight excluding hydrogens is 354 g/mol. The van der Waals surface area contributed by atoms with Crippen LogP contribution in [0.5, 0.6) is 0 Å². The molecule has 0 saturated carbocycles. The van der Waals surface area contributed by atoms with Crippen LogP contribution in [-0.4, -0.2) is 86.0 Å². The minimum atomic E-state index is -3.75. The number of carbonyl (C=O) groups is 1. The molecule has 0 bridgehead atoms. The molecule has 144 valence electrons. The third-order valence-electron chi connectivity index (χ3n) is 5.25. The van der Waals surface area contributed by atoms with Crippen molar-refractivity contribution in [1.29, 1.82) is 0 Å². The quantitative estimate of drug-likeness (QED) is 0.826. The second kappa shape index (κ2) is 7.64. The van der Waals surface area contributed by atoms with E-state index in [9.17, 15) is 18.3 Å². The molecule has 2 fully saturated rings. The molecule has 0 spiro atoms. The molecule has 0 aliphatic carbocycles. The normalized spacial score (nSPS) is 25.0. The second-order valence-corrected chi connectivity index (χ2v) is 9.24. The van der Waals surface area contributed by atoms with E-state index in [1.54, 1.807) is 17.0 Å². The highest BCUT2D eigenvalue weighted by molar-refractivity contribution is 7.89. The summed E-state index contributed by atoms with van der Waals surface area (Å²) in [6.07, 6.45) is 2.38. The van der Waals surface area contributed by atoms with Crippen molar-refractivity contribution in [2.45, 2.75) is 36.3 Å². The van der Waals surface area contributed by atoms with Crippen LogP contribution in [0, 0.1) is 0 Å². The average Bonchev–Trinajstić information content (AvgIpc) is 3.05.